The molecule has 7 heteroatoms. The molecule has 1 fully saturated rings. The summed E-state index contributed by atoms with van der Waals surface area (Å²) in [6.45, 7) is 4.41. The fourth-order valence-corrected chi connectivity index (χ4v) is 2.93. The topological polar surface area (TPSA) is 68.8 Å². The highest BCUT2D eigenvalue weighted by Crippen LogP contribution is 2.21. The molecule has 7 nitrogen and oxygen atoms in total. The minimum absolute atomic E-state index is 0.230. The second-order valence-corrected chi connectivity index (χ2v) is 5.90. The van der Waals surface area contributed by atoms with Gasteiger partial charge in [0.2, 0.25) is 5.91 Å². The maximum absolute atomic E-state index is 12.4. The Bertz CT molecular complexity index is 605. The average molecular weight is 302 g/mol. The van der Waals surface area contributed by atoms with Crippen LogP contribution in [0.2, 0.25) is 0 Å². The third-order valence-electron chi connectivity index (χ3n) is 4.10. The highest BCUT2D eigenvalue weighted by Gasteiger charge is 2.24. The van der Waals surface area contributed by atoms with E-state index in [2.05, 4.69) is 21.4 Å². The van der Waals surface area contributed by atoms with Crippen LogP contribution in [0, 0.1) is 6.92 Å². The van der Waals surface area contributed by atoms with Gasteiger partial charge in [-0.3, -0.25) is 14.2 Å². The summed E-state index contributed by atoms with van der Waals surface area (Å²) in [6, 6.07) is 0.307. The van der Waals surface area contributed by atoms with Crippen LogP contribution in [0.3, 0.4) is 0 Å². The largest absolute Gasteiger partial charge is 0.341 e. The molecule has 0 aromatic carbocycles. The lowest BCUT2D eigenvalue weighted by molar-refractivity contribution is -0.133. The van der Waals surface area contributed by atoms with Crippen molar-refractivity contribution in [2.24, 2.45) is 0 Å². The molecule has 1 amide bonds. The molecule has 3 heterocycles. The summed E-state index contributed by atoms with van der Waals surface area (Å²) in [6.07, 6.45) is 10.6. The summed E-state index contributed by atoms with van der Waals surface area (Å²) in [5, 5.41) is 8.44. The molecule has 2 aromatic heterocycles. The molecule has 0 radical (unpaired) electrons. The first-order valence-corrected chi connectivity index (χ1v) is 7.83. The van der Waals surface area contributed by atoms with Gasteiger partial charge in [-0.05, 0) is 31.7 Å². The van der Waals surface area contributed by atoms with Crippen molar-refractivity contribution in [2.75, 3.05) is 13.1 Å². The summed E-state index contributed by atoms with van der Waals surface area (Å²) < 4.78 is 3.77. The number of nitrogens with zero attached hydrogens (tertiary/aromatic N) is 6. The predicted molar refractivity (Wildman–Crippen MR) is 81.1 cm³/mol. The molecule has 1 aliphatic heterocycles. The standard InChI is InChI=1S/C15H22N6O/c1-13-8-17-21(9-13)14-4-2-6-19(10-14)15(22)5-3-7-20-12-16-11-18-20/h8-9,11-12,14H,2-7,10H2,1H3. The lowest BCUT2D eigenvalue weighted by atomic mass is 10.1. The Balaban J connectivity index is 1.49. The number of aromatic nitrogens is 5. The predicted octanol–water partition coefficient (Wildman–Crippen LogP) is 1.43. The third-order valence-corrected chi connectivity index (χ3v) is 4.10. The monoisotopic (exact) mass is 302 g/mol. The van der Waals surface area contributed by atoms with Gasteiger partial charge in [0.25, 0.3) is 0 Å². The van der Waals surface area contributed by atoms with E-state index in [0.29, 0.717) is 12.5 Å². The maximum atomic E-state index is 12.4. The van der Waals surface area contributed by atoms with Crippen molar-refractivity contribution < 1.29 is 4.79 Å². The maximum Gasteiger partial charge on any atom is 0.222 e. The third kappa shape index (κ3) is 3.52. The molecule has 22 heavy (non-hydrogen) atoms. The van der Waals surface area contributed by atoms with Gasteiger partial charge in [0.15, 0.2) is 0 Å². The number of hydrogen-bond donors (Lipinski definition) is 0. The molecule has 0 bridgehead atoms. The van der Waals surface area contributed by atoms with Gasteiger partial charge in [0, 0.05) is 32.3 Å². The minimum atomic E-state index is 0.230. The van der Waals surface area contributed by atoms with Crippen molar-refractivity contribution in [1.82, 2.24) is 29.4 Å². The lowest BCUT2D eigenvalue weighted by Gasteiger charge is -2.33. The number of carbonyl (C=O) groups is 1. The number of rotatable bonds is 5. The molecule has 1 saturated heterocycles. The summed E-state index contributed by atoms with van der Waals surface area (Å²) in [4.78, 5) is 18.2. The number of piperidine rings is 1. The Morgan fingerprint density at radius 1 is 1.41 bits per heavy atom. The fraction of sp³-hybridized carbons (Fsp3) is 0.600. The van der Waals surface area contributed by atoms with E-state index in [1.807, 2.05) is 22.7 Å². The van der Waals surface area contributed by atoms with Crippen molar-refractivity contribution in [3.05, 3.63) is 30.6 Å². The lowest BCUT2D eigenvalue weighted by Crippen LogP contribution is -2.40. The van der Waals surface area contributed by atoms with E-state index in [-0.39, 0.29) is 5.91 Å². The van der Waals surface area contributed by atoms with Crippen LogP contribution in [0.4, 0.5) is 0 Å². The van der Waals surface area contributed by atoms with Gasteiger partial charge in [-0.25, -0.2) is 4.98 Å². The van der Waals surface area contributed by atoms with Gasteiger partial charge in [-0.1, -0.05) is 0 Å². The molecule has 0 saturated carbocycles. The van der Waals surface area contributed by atoms with Gasteiger partial charge in [-0.2, -0.15) is 10.2 Å². The zero-order valence-electron chi connectivity index (χ0n) is 12.9. The Morgan fingerprint density at radius 3 is 3.05 bits per heavy atom. The zero-order valence-corrected chi connectivity index (χ0v) is 12.9. The van der Waals surface area contributed by atoms with Crippen LogP contribution >= 0.6 is 0 Å². The molecular weight excluding hydrogens is 280 g/mol. The summed E-state index contributed by atoms with van der Waals surface area (Å²) >= 11 is 0. The molecule has 3 rings (SSSR count). The van der Waals surface area contributed by atoms with Gasteiger partial charge >= 0.3 is 0 Å². The molecule has 1 atom stereocenters. The Morgan fingerprint density at radius 2 is 2.32 bits per heavy atom. The van der Waals surface area contributed by atoms with Gasteiger partial charge in [0.1, 0.15) is 12.7 Å². The first-order valence-electron chi connectivity index (χ1n) is 7.83. The van der Waals surface area contributed by atoms with Crippen LogP contribution in [-0.4, -0.2) is 48.4 Å². The van der Waals surface area contributed by atoms with E-state index >= 15 is 0 Å². The van der Waals surface area contributed by atoms with Crippen molar-refractivity contribution in [1.29, 1.82) is 0 Å². The second kappa shape index (κ2) is 6.72. The van der Waals surface area contributed by atoms with E-state index < -0.39 is 0 Å². The first kappa shape index (κ1) is 14.7. The van der Waals surface area contributed by atoms with Gasteiger partial charge in [-0.15, -0.1) is 0 Å². The number of carbonyl (C=O) groups excluding carboxylic acids is 1. The Hall–Kier alpha value is -2.18. The molecule has 118 valence electrons. The Kier molecular flexibility index (Phi) is 4.50. The van der Waals surface area contributed by atoms with Crippen molar-refractivity contribution >= 4 is 5.91 Å². The molecule has 0 spiro atoms. The van der Waals surface area contributed by atoms with E-state index in [1.54, 1.807) is 11.0 Å². The highest BCUT2D eigenvalue weighted by molar-refractivity contribution is 5.76. The van der Waals surface area contributed by atoms with E-state index in [1.165, 1.54) is 6.33 Å². The van der Waals surface area contributed by atoms with E-state index in [4.69, 9.17) is 0 Å². The van der Waals surface area contributed by atoms with Crippen LogP contribution in [0.5, 0.6) is 0 Å². The van der Waals surface area contributed by atoms with Gasteiger partial charge < -0.3 is 4.90 Å². The van der Waals surface area contributed by atoms with Crippen LogP contribution in [0.1, 0.15) is 37.3 Å². The first-order chi connectivity index (χ1) is 10.7. The van der Waals surface area contributed by atoms with E-state index in [9.17, 15) is 4.79 Å². The Labute approximate surface area is 129 Å². The second-order valence-electron chi connectivity index (χ2n) is 5.90. The van der Waals surface area contributed by atoms with Crippen LogP contribution in [0.15, 0.2) is 25.0 Å². The van der Waals surface area contributed by atoms with Crippen LogP contribution in [0.25, 0.3) is 0 Å². The number of amides is 1. The van der Waals surface area contributed by atoms with Crippen molar-refractivity contribution in [3.8, 4) is 0 Å². The summed E-state index contributed by atoms with van der Waals surface area (Å²) in [5.74, 6) is 0.230. The minimum Gasteiger partial charge on any atom is -0.341 e. The SMILES string of the molecule is Cc1cnn(C2CCCN(C(=O)CCCn3cncn3)C2)c1. The summed E-state index contributed by atoms with van der Waals surface area (Å²) in [5.41, 5.74) is 1.16. The van der Waals surface area contributed by atoms with Crippen molar-refractivity contribution in [2.45, 2.75) is 45.2 Å². The summed E-state index contributed by atoms with van der Waals surface area (Å²) in [7, 11) is 0. The molecule has 0 N–H and O–H groups in total. The zero-order chi connectivity index (χ0) is 15.4. The van der Waals surface area contributed by atoms with E-state index in [0.717, 1.165) is 44.5 Å². The smallest absolute Gasteiger partial charge is 0.222 e. The van der Waals surface area contributed by atoms with Crippen molar-refractivity contribution in [3.63, 3.8) is 0 Å². The number of hydrogen-bond acceptors (Lipinski definition) is 4. The molecule has 1 unspecified atom stereocenters. The number of likely N-dealkylation sites (tertiary alicyclic amines) is 1. The van der Waals surface area contributed by atoms with Crippen LogP contribution in [-0.2, 0) is 11.3 Å². The average Bonchev–Trinajstić information content (AvgIpc) is 3.19. The fourth-order valence-electron chi connectivity index (χ4n) is 2.93. The molecule has 1 aliphatic rings. The highest BCUT2D eigenvalue weighted by atomic mass is 16.2. The quantitative estimate of drug-likeness (QED) is 0.838. The van der Waals surface area contributed by atoms with Crippen LogP contribution < -0.4 is 0 Å². The van der Waals surface area contributed by atoms with Gasteiger partial charge in [0.05, 0.1) is 12.2 Å². The molecule has 2 aromatic rings. The number of aryl methyl sites for hydroxylation is 2. The normalized spacial score (nSPS) is 18.6. The molecule has 0 aliphatic carbocycles. The molecular formula is C15H22N6O.